The van der Waals surface area contributed by atoms with Gasteiger partial charge in [-0.1, -0.05) is 6.92 Å². The van der Waals surface area contributed by atoms with Crippen molar-refractivity contribution in [3.8, 4) is 0 Å². The molecule has 2 rings (SSSR count). The lowest BCUT2D eigenvalue weighted by molar-refractivity contribution is -0.140. The van der Waals surface area contributed by atoms with Gasteiger partial charge in [0.15, 0.2) is 5.69 Å². The molecule has 0 aliphatic rings. The van der Waals surface area contributed by atoms with E-state index in [9.17, 15) is 18.0 Å². The highest BCUT2D eigenvalue weighted by Crippen LogP contribution is 2.39. The molecule has 19 heavy (non-hydrogen) atoms. The number of rotatable bonds is 3. The zero-order valence-corrected chi connectivity index (χ0v) is 11.0. The third-order valence-electron chi connectivity index (χ3n) is 2.87. The molecule has 0 saturated carbocycles. The molecular formula is C11H11F3N2O2S. The number of carbonyl (C=O) groups is 1. The summed E-state index contributed by atoms with van der Waals surface area (Å²) in [6, 6.07) is 0.815. The number of hydrogen-bond acceptors (Lipinski definition) is 3. The molecule has 0 aromatic carbocycles. The van der Waals surface area contributed by atoms with E-state index in [0.717, 1.165) is 17.4 Å². The predicted molar refractivity (Wildman–Crippen MR) is 64.6 cm³/mol. The molecule has 0 amide bonds. The number of thiophene rings is 1. The molecule has 0 spiro atoms. The first kappa shape index (κ1) is 13.9. The monoisotopic (exact) mass is 292 g/mol. The summed E-state index contributed by atoms with van der Waals surface area (Å²) in [6.07, 6.45) is -3.98. The van der Waals surface area contributed by atoms with Crippen molar-refractivity contribution in [2.75, 3.05) is 0 Å². The van der Waals surface area contributed by atoms with E-state index in [0.29, 0.717) is 6.42 Å². The lowest BCUT2D eigenvalue weighted by Gasteiger charge is -2.09. The molecule has 0 aliphatic heterocycles. The second kappa shape index (κ2) is 4.52. The molecular weight excluding hydrogens is 281 g/mol. The molecule has 0 aliphatic carbocycles. The van der Waals surface area contributed by atoms with Gasteiger partial charge in [0.05, 0.1) is 6.04 Å². The molecule has 0 fully saturated rings. The average Bonchev–Trinajstić information content (AvgIpc) is 2.84. The Labute approximate surface area is 110 Å². The third kappa shape index (κ3) is 2.32. The van der Waals surface area contributed by atoms with Crippen LogP contribution >= 0.6 is 11.3 Å². The first-order valence-corrected chi connectivity index (χ1v) is 6.39. The second-order valence-electron chi connectivity index (χ2n) is 4.18. The molecule has 8 heteroatoms. The molecule has 4 nitrogen and oxygen atoms in total. The van der Waals surface area contributed by atoms with Crippen LogP contribution in [0.5, 0.6) is 0 Å². The van der Waals surface area contributed by atoms with E-state index < -0.39 is 17.8 Å². The van der Waals surface area contributed by atoms with Crippen LogP contribution in [0.4, 0.5) is 13.2 Å². The van der Waals surface area contributed by atoms with Crippen LogP contribution in [0, 0.1) is 0 Å². The maximum atomic E-state index is 12.9. The second-order valence-corrected chi connectivity index (χ2v) is 5.21. The summed E-state index contributed by atoms with van der Waals surface area (Å²) < 4.78 is 39.9. The van der Waals surface area contributed by atoms with Crippen LogP contribution in [0.2, 0.25) is 0 Å². The van der Waals surface area contributed by atoms with Crippen molar-refractivity contribution >= 4 is 27.5 Å². The zero-order valence-electron chi connectivity index (χ0n) is 10.2. The molecule has 1 atom stereocenters. The van der Waals surface area contributed by atoms with Crippen molar-refractivity contribution in [2.45, 2.75) is 32.5 Å². The number of aromatic nitrogens is 2. The van der Waals surface area contributed by atoms with E-state index >= 15 is 0 Å². The number of alkyl halides is 3. The van der Waals surface area contributed by atoms with Gasteiger partial charge in [-0.2, -0.15) is 18.3 Å². The minimum absolute atomic E-state index is 0.116. The topological polar surface area (TPSA) is 55.1 Å². The summed E-state index contributed by atoms with van der Waals surface area (Å²) in [7, 11) is 0. The first-order chi connectivity index (χ1) is 8.75. The smallest absolute Gasteiger partial charge is 0.435 e. The van der Waals surface area contributed by atoms with Crippen LogP contribution in [-0.4, -0.2) is 20.9 Å². The van der Waals surface area contributed by atoms with Gasteiger partial charge in [-0.25, -0.2) is 4.79 Å². The van der Waals surface area contributed by atoms with E-state index in [-0.39, 0.29) is 21.1 Å². The summed E-state index contributed by atoms with van der Waals surface area (Å²) in [4.78, 5) is 11.0. The van der Waals surface area contributed by atoms with Crippen LogP contribution < -0.4 is 0 Å². The fourth-order valence-electron chi connectivity index (χ4n) is 1.71. The highest BCUT2D eigenvalue weighted by Gasteiger charge is 2.38. The van der Waals surface area contributed by atoms with Crippen molar-refractivity contribution in [1.29, 1.82) is 0 Å². The maximum absolute atomic E-state index is 12.9. The minimum Gasteiger partial charge on any atom is -0.477 e. The van der Waals surface area contributed by atoms with Gasteiger partial charge in [-0.3, -0.25) is 4.68 Å². The van der Waals surface area contributed by atoms with Crippen LogP contribution in [-0.2, 0) is 6.18 Å². The average molecular weight is 292 g/mol. The number of halogens is 3. The molecule has 2 aromatic heterocycles. The molecule has 2 heterocycles. The van der Waals surface area contributed by atoms with Crippen molar-refractivity contribution in [2.24, 2.45) is 0 Å². The predicted octanol–water partition coefficient (Wildman–Crippen LogP) is 3.79. The van der Waals surface area contributed by atoms with Gasteiger partial charge in [-0.15, -0.1) is 11.3 Å². The van der Waals surface area contributed by atoms with Gasteiger partial charge in [0.25, 0.3) is 0 Å². The SMILES string of the molecule is CCC(C)n1nc(C(F)(F)F)c2cc(C(=O)O)sc21. The van der Waals surface area contributed by atoms with Gasteiger partial charge < -0.3 is 5.11 Å². The van der Waals surface area contributed by atoms with Crippen molar-refractivity contribution in [3.05, 3.63) is 16.6 Å². The summed E-state index contributed by atoms with van der Waals surface area (Å²) in [5.41, 5.74) is -1.02. The Balaban J connectivity index is 2.73. The van der Waals surface area contributed by atoms with Crippen molar-refractivity contribution in [3.63, 3.8) is 0 Å². The molecule has 104 valence electrons. The summed E-state index contributed by atoms with van der Waals surface area (Å²) in [5.74, 6) is -1.23. The van der Waals surface area contributed by atoms with E-state index in [1.54, 1.807) is 6.92 Å². The minimum atomic E-state index is -4.59. The van der Waals surface area contributed by atoms with Crippen LogP contribution in [0.3, 0.4) is 0 Å². The number of carboxylic acid groups (broad SMARTS) is 1. The molecule has 1 unspecified atom stereocenters. The van der Waals surface area contributed by atoms with E-state index in [1.807, 2.05) is 6.92 Å². The molecule has 0 radical (unpaired) electrons. The number of aromatic carboxylic acids is 1. The highest BCUT2D eigenvalue weighted by atomic mass is 32.1. The summed E-state index contributed by atoms with van der Waals surface area (Å²) in [6.45, 7) is 3.57. The van der Waals surface area contributed by atoms with Gasteiger partial charge >= 0.3 is 12.1 Å². The fraction of sp³-hybridized carbons (Fsp3) is 0.455. The summed E-state index contributed by atoms with van der Waals surface area (Å²) >= 11 is 0.814. The zero-order chi connectivity index (χ0) is 14.4. The highest BCUT2D eigenvalue weighted by molar-refractivity contribution is 7.20. The van der Waals surface area contributed by atoms with Gasteiger partial charge in [0.2, 0.25) is 0 Å². The van der Waals surface area contributed by atoms with E-state index in [1.165, 1.54) is 4.68 Å². The fourth-order valence-corrected chi connectivity index (χ4v) is 2.77. The van der Waals surface area contributed by atoms with E-state index in [2.05, 4.69) is 5.10 Å². The van der Waals surface area contributed by atoms with Gasteiger partial charge in [-0.05, 0) is 19.4 Å². The van der Waals surface area contributed by atoms with Gasteiger partial charge in [0, 0.05) is 5.39 Å². The van der Waals surface area contributed by atoms with Crippen LogP contribution in [0.1, 0.15) is 41.7 Å². The standard InChI is InChI=1S/C11H11F3N2O2S/c1-3-5(2)16-9-6(4-7(19-9)10(17)18)8(15-16)11(12,13)14/h4-5H,3H2,1-2H3,(H,17,18). The Kier molecular flexibility index (Phi) is 3.29. The Morgan fingerprint density at radius 1 is 1.58 bits per heavy atom. The molecule has 0 bridgehead atoms. The number of hydrogen-bond donors (Lipinski definition) is 1. The third-order valence-corrected chi connectivity index (χ3v) is 3.98. The summed E-state index contributed by atoms with van der Waals surface area (Å²) in [5, 5.41) is 12.3. The van der Waals surface area contributed by atoms with Gasteiger partial charge in [0.1, 0.15) is 9.71 Å². The maximum Gasteiger partial charge on any atom is 0.435 e. The number of carboxylic acids is 1. The Hall–Kier alpha value is -1.57. The first-order valence-electron chi connectivity index (χ1n) is 5.58. The molecule has 0 saturated heterocycles. The quantitative estimate of drug-likeness (QED) is 0.936. The lowest BCUT2D eigenvalue weighted by atomic mass is 10.2. The lowest BCUT2D eigenvalue weighted by Crippen LogP contribution is -2.10. The molecule has 2 aromatic rings. The van der Waals surface area contributed by atoms with E-state index in [4.69, 9.17) is 5.11 Å². The van der Waals surface area contributed by atoms with Crippen LogP contribution in [0.15, 0.2) is 6.07 Å². The van der Waals surface area contributed by atoms with Crippen molar-refractivity contribution < 1.29 is 23.1 Å². The molecule has 1 N–H and O–H groups in total. The Morgan fingerprint density at radius 3 is 2.68 bits per heavy atom. The number of nitrogens with zero attached hydrogens (tertiary/aromatic N) is 2. The Bertz CT molecular complexity index is 630. The number of fused-ring (bicyclic) bond motifs is 1. The largest absolute Gasteiger partial charge is 0.477 e. The van der Waals surface area contributed by atoms with Crippen LogP contribution in [0.25, 0.3) is 10.2 Å². The normalized spacial score (nSPS) is 13.9. The van der Waals surface area contributed by atoms with Crippen molar-refractivity contribution in [1.82, 2.24) is 9.78 Å². The Morgan fingerprint density at radius 2 is 2.21 bits per heavy atom.